The van der Waals surface area contributed by atoms with Gasteiger partial charge in [0.25, 0.3) is 0 Å². The highest BCUT2D eigenvalue weighted by molar-refractivity contribution is 5.04. The first-order valence-electron chi connectivity index (χ1n) is 6.64. The van der Waals surface area contributed by atoms with Crippen LogP contribution < -0.4 is 0 Å². The summed E-state index contributed by atoms with van der Waals surface area (Å²) in [6.07, 6.45) is 3.87. The Morgan fingerprint density at radius 3 is 2.00 bits per heavy atom. The minimum Gasteiger partial charge on any atom is -0.0993 e. The Kier molecular flexibility index (Phi) is 6.96. The van der Waals surface area contributed by atoms with E-state index in [9.17, 15) is 0 Å². The zero-order chi connectivity index (χ0) is 12.0. The average Bonchev–Trinajstić information content (AvgIpc) is 2.25. The van der Waals surface area contributed by atoms with Crippen molar-refractivity contribution < 1.29 is 0 Å². The van der Waals surface area contributed by atoms with Crippen LogP contribution in [0.1, 0.15) is 60.8 Å². The number of hydrogen-bond acceptors (Lipinski definition) is 0. The molecule has 0 nitrogen and oxygen atoms in total. The van der Waals surface area contributed by atoms with E-state index in [-0.39, 0.29) is 0 Å². The van der Waals surface area contributed by atoms with Gasteiger partial charge in [-0.25, -0.2) is 0 Å². The topological polar surface area (TPSA) is 0 Å². The predicted octanol–water partition coefficient (Wildman–Crippen LogP) is 5.30. The molecule has 0 saturated carbocycles. The van der Waals surface area contributed by atoms with Crippen LogP contribution in [0, 0.1) is 23.7 Å². The average molecular weight is 210 g/mol. The minimum absolute atomic E-state index is 0.668. The van der Waals surface area contributed by atoms with Gasteiger partial charge < -0.3 is 0 Å². The SMILES string of the molecule is C=C(C(C)CC)C(C)C(C)C(C)CCC. The van der Waals surface area contributed by atoms with Crippen molar-refractivity contribution in [2.24, 2.45) is 23.7 Å². The van der Waals surface area contributed by atoms with Crippen molar-refractivity contribution in [1.82, 2.24) is 0 Å². The van der Waals surface area contributed by atoms with Gasteiger partial charge >= 0.3 is 0 Å². The molecule has 4 unspecified atom stereocenters. The second kappa shape index (κ2) is 7.09. The smallest absolute Gasteiger partial charge is 0.0203 e. The van der Waals surface area contributed by atoms with Gasteiger partial charge in [0.2, 0.25) is 0 Å². The summed E-state index contributed by atoms with van der Waals surface area (Å²) in [4.78, 5) is 0. The van der Waals surface area contributed by atoms with Crippen LogP contribution in [0.2, 0.25) is 0 Å². The molecule has 0 radical (unpaired) electrons. The molecule has 15 heavy (non-hydrogen) atoms. The standard InChI is InChI=1S/C15H30/c1-8-10-12(4)14(6)15(7)13(5)11(3)9-2/h11-12,14-15H,5,8-10H2,1-4,6-7H3. The quantitative estimate of drug-likeness (QED) is 0.500. The van der Waals surface area contributed by atoms with Crippen molar-refractivity contribution in [2.45, 2.75) is 60.8 Å². The zero-order valence-corrected chi connectivity index (χ0v) is 11.6. The molecule has 0 saturated heterocycles. The highest BCUT2D eigenvalue weighted by Crippen LogP contribution is 2.32. The summed E-state index contributed by atoms with van der Waals surface area (Å²) >= 11 is 0. The summed E-state index contributed by atoms with van der Waals surface area (Å²) in [6.45, 7) is 18.2. The Morgan fingerprint density at radius 1 is 1.07 bits per heavy atom. The predicted molar refractivity (Wildman–Crippen MR) is 71.0 cm³/mol. The third-order valence-corrected chi connectivity index (χ3v) is 4.26. The molecule has 90 valence electrons. The van der Waals surface area contributed by atoms with Crippen molar-refractivity contribution in [3.05, 3.63) is 12.2 Å². The Labute approximate surface area is 97.2 Å². The lowest BCUT2D eigenvalue weighted by atomic mass is 9.76. The van der Waals surface area contributed by atoms with Gasteiger partial charge in [0.05, 0.1) is 0 Å². The molecular weight excluding hydrogens is 180 g/mol. The molecule has 0 heterocycles. The molecule has 4 atom stereocenters. The number of rotatable bonds is 7. The van der Waals surface area contributed by atoms with Crippen molar-refractivity contribution in [2.75, 3.05) is 0 Å². The van der Waals surface area contributed by atoms with Gasteiger partial charge in [-0.3, -0.25) is 0 Å². The third-order valence-electron chi connectivity index (χ3n) is 4.26. The van der Waals surface area contributed by atoms with Crippen molar-refractivity contribution >= 4 is 0 Å². The maximum Gasteiger partial charge on any atom is -0.0203 e. The molecular formula is C15H30. The fourth-order valence-electron chi connectivity index (χ4n) is 2.26. The first-order valence-corrected chi connectivity index (χ1v) is 6.64. The first-order chi connectivity index (χ1) is 6.95. The van der Waals surface area contributed by atoms with Crippen LogP contribution in [0.15, 0.2) is 12.2 Å². The molecule has 0 aromatic heterocycles. The van der Waals surface area contributed by atoms with E-state index >= 15 is 0 Å². The molecule has 0 aliphatic rings. The van der Waals surface area contributed by atoms with E-state index in [1.54, 1.807) is 0 Å². The molecule has 0 amide bonds. The second-order valence-electron chi connectivity index (χ2n) is 5.30. The van der Waals surface area contributed by atoms with E-state index in [0.717, 1.165) is 11.8 Å². The fraction of sp³-hybridized carbons (Fsp3) is 0.867. The fourth-order valence-corrected chi connectivity index (χ4v) is 2.26. The summed E-state index contributed by atoms with van der Waals surface area (Å²) < 4.78 is 0. The summed E-state index contributed by atoms with van der Waals surface area (Å²) in [7, 11) is 0. The third kappa shape index (κ3) is 4.40. The summed E-state index contributed by atoms with van der Waals surface area (Å²) in [5.41, 5.74) is 1.45. The highest BCUT2D eigenvalue weighted by atomic mass is 14.3. The van der Waals surface area contributed by atoms with E-state index in [4.69, 9.17) is 0 Å². The van der Waals surface area contributed by atoms with E-state index < -0.39 is 0 Å². The first kappa shape index (κ1) is 14.7. The lowest BCUT2D eigenvalue weighted by molar-refractivity contribution is 0.279. The van der Waals surface area contributed by atoms with Gasteiger partial charge in [-0.2, -0.15) is 0 Å². The lowest BCUT2D eigenvalue weighted by Crippen LogP contribution is -2.20. The van der Waals surface area contributed by atoms with Gasteiger partial charge in [0, 0.05) is 0 Å². The van der Waals surface area contributed by atoms with Crippen LogP contribution in [0.4, 0.5) is 0 Å². The molecule has 0 aliphatic heterocycles. The maximum absolute atomic E-state index is 4.29. The van der Waals surface area contributed by atoms with Crippen molar-refractivity contribution in [3.63, 3.8) is 0 Å². The molecule has 0 N–H and O–H groups in total. The molecule has 0 heteroatoms. The van der Waals surface area contributed by atoms with Crippen LogP contribution in [0.5, 0.6) is 0 Å². The lowest BCUT2D eigenvalue weighted by Gasteiger charge is -2.30. The van der Waals surface area contributed by atoms with Gasteiger partial charge in [-0.05, 0) is 30.1 Å². The summed E-state index contributed by atoms with van der Waals surface area (Å²) in [5.74, 6) is 2.94. The van der Waals surface area contributed by atoms with Gasteiger partial charge in [0.1, 0.15) is 0 Å². The Bertz CT molecular complexity index is 180. The second-order valence-corrected chi connectivity index (χ2v) is 5.30. The van der Waals surface area contributed by atoms with Gasteiger partial charge in [0.15, 0.2) is 0 Å². The molecule has 0 bridgehead atoms. The van der Waals surface area contributed by atoms with E-state index in [1.165, 1.54) is 24.8 Å². The van der Waals surface area contributed by atoms with E-state index in [2.05, 4.69) is 48.1 Å². The van der Waals surface area contributed by atoms with Crippen LogP contribution in [-0.4, -0.2) is 0 Å². The summed E-state index contributed by atoms with van der Waals surface area (Å²) in [5, 5.41) is 0. The molecule has 0 aromatic rings. The highest BCUT2D eigenvalue weighted by Gasteiger charge is 2.22. The van der Waals surface area contributed by atoms with E-state index in [1.807, 2.05) is 0 Å². The van der Waals surface area contributed by atoms with Crippen LogP contribution in [0.3, 0.4) is 0 Å². The number of hydrogen-bond donors (Lipinski definition) is 0. The molecule has 0 aromatic carbocycles. The Hall–Kier alpha value is -0.260. The molecule has 0 aliphatic carbocycles. The number of allylic oxidation sites excluding steroid dienone is 1. The van der Waals surface area contributed by atoms with Crippen molar-refractivity contribution in [3.8, 4) is 0 Å². The molecule has 0 spiro atoms. The largest absolute Gasteiger partial charge is 0.0993 e. The van der Waals surface area contributed by atoms with Crippen LogP contribution in [0.25, 0.3) is 0 Å². The van der Waals surface area contributed by atoms with Crippen LogP contribution in [-0.2, 0) is 0 Å². The van der Waals surface area contributed by atoms with Gasteiger partial charge in [-0.1, -0.05) is 66.5 Å². The van der Waals surface area contributed by atoms with Crippen LogP contribution >= 0.6 is 0 Å². The summed E-state index contributed by atoms with van der Waals surface area (Å²) in [6, 6.07) is 0. The molecule has 0 rings (SSSR count). The zero-order valence-electron chi connectivity index (χ0n) is 11.6. The maximum atomic E-state index is 4.29. The van der Waals surface area contributed by atoms with E-state index in [0.29, 0.717) is 11.8 Å². The Morgan fingerprint density at radius 2 is 1.60 bits per heavy atom. The molecule has 0 fully saturated rings. The monoisotopic (exact) mass is 210 g/mol. The normalized spacial score (nSPS) is 19.3. The van der Waals surface area contributed by atoms with Gasteiger partial charge in [-0.15, -0.1) is 0 Å². The van der Waals surface area contributed by atoms with Crippen molar-refractivity contribution in [1.29, 1.82) is 0 Å². The minimum atomic E-state index is 0.668. The Balaban J connectivity index is 4.29.